The third-order valence-electron chi connectivity index (χ3n) is 2.03. The number of benzene rings is 1. The van der Waals surface area contributed by atoms with Gasteiger partial charge in [0.2, 0.25) is 0 Å². The van der Waals surface area contributed by atoms with Crippen molar-refractivity contribution in [2.24, 2.45) is 0 Å². The Kier molecular flexibility index (Phi) is 8.31. The number of halogens is 2. The first kappa shape index (κ1) is 17.1. The van der Waals surface area contributed by atoms with Crippen LogP contribution in [0.1, 0.15) is 26.3 Å². The van der Waals surface area contributed by atoms with Gasteiger partial charge in [-0.05, 0) is 17.7 Å². The molecule has 0 saturated carbocycles. The highest BCUT2D eigenvalue weighted by molar-refractivity contribution is 8.00. The van der Waals surface area contributed by atoms with Crippen molar-refractivity contribution in [3.8, 4) is 0 Å². The molecular formula is C13H21Cl2NS. The van der Waals surface area contributed by atoms with Gasteiger partial charge in [0.15, 0.2) is 0 Å². The summed E-state index contributed by atoms with van der Waals surface area (Å²) in [4.78, 5) is 0. The molecule has 0 aliphatic carbocycles. The quantitative estimate of drug-likeness (QED) is 0.809. The Bertz CT molecular complexity index is 323. The van der Waals surface area contributed by atoms with Gasteiger partial charge < -0.3 is 5.32 Å². The van der Waals surface area contributed by atoms with E-state index in [1.54, 1.807) is 0 Å². The van der Waals surface area contributed by atoms with Gasteiger partial charge in [-0.3, -0.25) is 0 Å². The predicted octanol–water partition coefficient (Wildman–Crippen LogP) is 4.38. The molecule has 4 heteroatoms. The summed E-state index contributed by atoms with van der Waals surface area (Å²) in [5.41, 5.74) is 1.24. The van der Waals surface area contributed by atoms with Crippen LogP contribution in [-0.4, -0.2) is 17.0 Å². The van der Waals surface area contributed by atoms with E-state index in [9.17, 15) is 0 Å². The number of rotatable bonds is 5. The van der Waals surface area contributed by atoms with E-state index in [2.05, 4.69) is 32.2 Å². The number of hydrogen-bond donors (Lipinski definition) is 1. The van der Waals surface area contributed by atoms with Crippen molar-refractivity contribution in [3.05, 3.63) is 34.9 Å². The summed E-state index contributed by atoms with van der Waals surface area (Å²) in [6, 6.07) is 7.99. The van der Waals surface area contributed by atoms with Crippen molar-refractivity contribution in [2.75, 3.05) is 12.3 Å². The van der Waals surface area contributed by atoms with Crippen molar-refractivity contribution in [1.29, 1.82) is 0 Å². The van der Waals surface area contributed by atoms with Crippen LogP contribution in [0.3, 0.4) is 0 Å². The van der Waals surface area contributed by atoms with E-state index in [0.29, 0.717) is 4.75 Å². The van der Waals surface area contributed by atoms with E-state index in [-0.39, 0.29) is 12.4 Å². The van der Waals surface area contributed by atoms with Crippen molar-refractivity contribution < 1.29 is 0 Å². The third-order valence-corrected chi connectivity index (χ3v) is 3.54. The first-order valence-corrected chi connectivity index (χ1v) is 6.93. The summed E-state index contributed by atoms with van der Waals surface area (Å²) >= 11 is 7.90. The highest BCUT2D eigenvalue weighted by Gasteiger charge is 2.08. The minimum atomic E-state index is 0. The lowest BCUT2D eigenvalue weighted by molar-refractivity contribution is 0.726. The summed E-state index contributed by atoms with van der Waals surface area (Å²) in [6.07, 6.45) is 0. The predicted molar refractivity (Wildman–Crippen MR) is 82.6 cm³/mol. The van der Waals surface area contributed by atoms with Gasteiger partial charge in [-0.2, -0.15) is 11.8 Å². The Morgan fingerprint density at radius 2 is 2.00 bits per heavy atom. The summed E-state index contributed by atoms with van der Waals surface area (Å²) in [6.45, 7) is 8.66. The van der Waals surface area contributed by atoms with Gasteiger partial charge in [0.05, 0.1) is 0 Å². The molecule has 1 aromatic carbocycles. The maximum atomic E-state index is 5.91. The molecule has 0 radical (unpaired) electrons. The number of hydrogen-bond acceptors (Lipinski definition) is 2. The molecule has 17 heavy (non-hydrogen) atoms. The first-order chi connectivity index (χ1) is 7.47. The molecule has 0 spiro atoms. The largest absolute Gasteiger partial charge is 0.312 e. The van der Waals surface area contributed by atoms with Gasteiger partial charge in [0, 0.05) is 28.6 Å². The van der Waals surface area contributed by atoms with Crippen LogP contribution in [0, 0.1) is 0 Å². The SMILES string of the molecule is CC(C)(C)SCCNCc1cccc(Cl)c1.Cl. The van der Waals surface area contributed by atoms with Crippen LogP contribution in [0.15, 0.2) is 24.3 Å². The second-order valence-corrected chi connectivity index (χ2v) is 7.13. The van der Waals surface area contributed by atoms with Crippen LogP contribution in [-0.2, 0) is 6.54 Å². The maximum Gasteiger partial charge on any atom is 0.0409 e. The third kappa shape index (κ3) is 8.78. The van der Waals surface area contributed by atoms with Gasteiger partial charge in [0.25, 0.3) is 0 Å². The molecule has 0 atom stereocenters. The van der Waals surface area contributed by atoms with E-state index in [1.807, 2.05) is 30.0 Å². The highest BCUT2D eigenvalue weighted by atomic mass is 35.5. The standard InChI is InChI=1S/C13H20ClNS.ClH/c1-13(2,3)16-8-7-15-10-11-5-4-6-12(14)9-11;/h4-6,9,15H,7-8,10H2,1-3H3;1H. The van der Waals surface area contributed by atoms with E-state index in [0.717, 1.165) is 23.9 Å². The lowest BCUT2D eigenvalue weighted by atomic mass is 10.2. The van der Waals surface area contributed by atoms with Crippen molar-refractivity contribution >= 4 is 35.8 Å². The van der Waals surface area contributed by atoms with Gasteiger partial charge in [0.1, 0.15) is 0 Å². The van der Waals surface area contributed by atoms with Crippen LogP contribution in [0.5, 0.6) is 0 Å². The normalized spacial score (nSPS) is 11.1. The second kappa shape index (κ2) is 8.25. The Morgan fingerprint density at radius 1 is 1.29 bits per heavy atom. The molecule has 0 aliphatic rings. The average Bonchev–Trinajstić information content (AvgIpc) is 2.15. The maximum absolute atomic E-state index is 5.91. The summed E-state index contributed by atoms with van der Waals surface area (Å²) in [5, 5.41) is 4.23. The monoisotopic (exact) mass is 293 g/mol. The fourth-order valence-electron chi connectivity index (χ4n) is 1.31. The second-order valence-electron chi connectivity index (χ2n) is 4.77. The zero-order chi connectivity index (χ0) is 12.0. The van der Waals surface area contributed by atoms with Gasteiger partial charge in [-0.25, -0.2) is 0 Å². The minimum Gasteiger partial charge on any atom is -0.312 e. The molecule has 0 saturated heterocycles. The molecule has 98 valence electrons. The molecule has 0 fully saturated rings. The van der Waals surface area contributed by atoms with E-state index < -0.39 is 0 Å². The Balaban J connectivity index is 0.00000256. The molecule has 0 bridgehead atoms. The fourth-order valence-corrected chi connectivity index (χ4v) is 2.38. The number of nitrogens with one attached hydrogen (secondary N) is 1. The molecule has 0 aromatic heterocycles. The molecule has 1 N–H and O–H groups in total. The molecule has 1 aromatic rings. The van der Waals surface area contributed by atoms with Crippen molar-refractivity contribution in [3.63, 3.8) is 0 Å². The molecule has 0 amide bonds. The van der Waals surface area contributed by atoms with Gasteiger partial charge in [-0.15, -0.1) is 12.4 Å². The molecular weight excluding hydrogens is 273 g/mol. The smallest absolute Gasteiger partial charge is 0.0409 e. The zero-order valence-corrected chi connectivity index (χ0v) is 13.0. The summed E-state index contributed by atoms with van der Waals surface area (Å²) in [7, 11) is 0. The lowest BCUT2D eigenvalue weighted by Crippen LogP contribution is -2.19. The van der Waals surface area contributed by atoms with Crippen molar-refractivity contribution in [2.45, 2.75) is 32.1 Å². The zero-order valence-electron chi connectivity index (χ0n) is 10.6. The Hall–Kier alpha value is 0.110. The molecule has 0 unspecified atom stereocenters. The van der Waals surface area contributed by atoms with E-state index >= 15 is 0 Å². The topological polar surface area (TPSA) is 12.0 Å². The van der Waals surface area contributed by atoms with Crippen LogP contribution < -0.4 is 5.32 Å². The van der Waals surface area contributed by atoms with Gasteiger partial charge >= 0.3 is 0 Å². The summed E-state index contributed by atoms with van der Waals surface area (Å²) in [5.74, 6) is 1.14. The van der Waals surface area contributed by atoms with Crippen molar-refractivity contribution in [1.82, 2.24) is 5.32 Å². The van der Waals surface area contributed by atoms with E-state index in [4.69, 9.17) is 11.6 Å². The Labute approximate surface area is 120 Å². The average molecular weight is 294 g/mol. The van der Waals surface area contributed by atoms with Crippen LogP contribution in [0.4, 0.5) is 0 Å². The number of thioether (sulfide) groups is 1. The summed E-state index contributed by atoms with van der Waals surface area (Å²) < 4.78 is 0.359. The molecule has 0 heterocycles. The van der Waals surface area contributed by atoms with Crippen LogP contribution >= 0.6 is 35.8 Å². The lowest BCUT2D eigenvalue weighted by Gasteiger charge is -2.17. The highest BCUT2D eigenvalue weighted by Crippen LogP contribution is 2.22. The first-order valence-electron chi connectivity index (χ1n) is 5.56. The van der Waals surface area contributed by atoms with Gasteiger partial charge in [-0.1, -0.05) is 44.5 Å². The van der Waals surface area contributed by atoms with Crippen LogP contribution in [0.25, 0.3) is 0 Å². The minimum absolute atomic E-state index is 0. The van der Waals surface area contributed by atoms with E-state index in [1.165, 1.54) is 5.56 Å². The Morgan fingerprint density at radius 3 is 2.59 bits per heavy atom. The molecule has 1 nitrogen and oxygen atoms in total. The van der Waals surface area contributed by atoms with Crippen LogP contribution in [0.2, 0.25) is 5.02 Å². The molecule has 0 aliphatic heterocycles. The fraction of sp³-hybridized carbons (Fsp3) is 0.538. The molecule has 1 rings (SSSR count).